The van der Waals surface area contributed by atoms with Crippen LogP contribution in [-0.4, -0.2) is 11.0 Å². The SMILES string of the molecule is CCC(Nc1cc(C(F)(F)F)ncc1N)C(C)C. The molecular formula is C12H18F3N3. The summed E-state index contributed by atoms with van der Waals surface area (Å²) in [6.45, 7) is 5.98. The second-order valence-electron chi connectivity index (χ2n) is 4.56. The van der Waals surface area contributed by atoms with Gasteiger partial charge in [-0.05, 0) is 18.4 Å². The van der Waals surface area contributed by atoms with Crippen molar-refractivity contribution in [2.45, 2.75) is 39.4 Å². The summed E-state index contributed by atoms with van der Waals surface area (Å²) in [5.41, 5.74) is 5.22. The van der Waals surface area contributed by atoms with Gasteiger partial charge in [-0.1, -0.05) is 20.8 Å². The fraction of sp³-hybridized carbons (Fsp3) is 0.583. The minimum atomic E-state index is -4.45. The van der Waals surface area contributed by atoms with Gasteiger partial charge in [-0.25, -0.2) is 4.98 Å². The van der Waals surface area contributed by atoms with E-state index in [9.17, 15) is 13.2 Å². The molecule has 0 saturated heterocycles. The maximum Gasteiger partial charge on any atom is 0.433 e. The summed E-state index contributed by atoms with van der Waals surface area (Å²) in [5.74, 6) is 0.303. The van der Waals surface area contributed by atoms with Crippen molar-refractivity contribution in [1.82, 2.24) is 4.98 Å². The molecule has 1 rings (SSSR count). The predicted molar refractivity (Wildman–Crippen MR) is 66.2 cm³/mol. The number of pyridine rings is 1. The van der Waals surface area contributed by atoms with Gasteiger partial charge in [0.1, 0.15) is 5.69 Å². The number of nitrogen functional groups attached to an aromatic ring is 1. The maximum atomic E-state index is 12.5. The van der Waals surface area contributed by atoms with Crippen LogP contribution in [0.1, 0.15) is 32.9 Å². The zero-order chi connectivity index (χ0) is 13.9. The van der Waals surface area contributed by atoms with E-state index in [1.807, 2.05) is 20.8 Å². The highest BCUT2D eigenvalue weighted by Crippen LogP contribution is 2.31. The lowest BCUT2D eigenvalue weighted by molar-refractivity contribution is -0.141. The number of nitrogens with zero attached hydrogens (tertiary/aromatic N) is 1. The van der Waals surface area contributed by atoms with Gasteiger partial charge in [0.15, 0.2) is 0 Å². The molecule has 1 aromatic rings. The molecule has 0 aliphatic heterocycles. The topological polar surface area (TPSA) is 50.9 Å². The Hall–Kier alpha value is -1.46. The van der Waals surface area contributed by atoms with Crippen LogP contribution in [-0.2, 0) is 6.18 Å². The van der Waals surface area contributed by atoms with Gasteiger partial charge in [0.2, 0.25) is 0 Å². The third-order valence-electron chi connectivity index (χ3n) is 2.81. The molecule has 18 heavy (non-hydrogen) atoms. The molecular weight excluding hydrogens is 243 g/mol. The Morgan fingerprint density at radius 2 is 2.00 bits per heavy atom. The number of nitrogens with one attached hydrogen (secondary N) is 1. The van der Waals surface area contributed by atoms with Crippen molar-refractivity contribution in [3.63, 3.8) is 0 Å². The lowest BCUT2D eigenvalue weighted by atomic mass is 10.0. The van der Waals surface area contributed by atoms with Gasteiger partial charge in [0, 0.05) is 6.04 Å². The fourth-order valence-electron chi connectivity index (χ4n) is 1.69. The van der Waals surface area contributed by atoms with Gasteiger partial charge < -0.3 is 11.1 Å². The van der Waals surface area contributed by atoms with Crippen molar-refractivity contribution in [2.24, 2.45) is 5.92 Å². The number of halogens is 3. The van der Waals surface area contributed by atoms with Gasteiger partial charge in [0.25, 0.3) is 0 Å². The number of hydrogen-bond acceptors (Lipinski definition) is 3. The second-order valence-corrected chi connectivity index (χ2v) is 4.56. The first-order chi connectivity index (χ1) is 8.25. The molecule has 0 bridgehead atoms. The number of hydrogen-bond donors (Lipinski definition) is 2. The van der Waals surface area contributed by atoms with E-state index in [-0.39, 0.29) is 17.4 Å². The summed E-state index contributed by atoms with van der Waals surface area (Å²) in [5, 5.41) is 3.04. The summed E-state index contributed by atoms with van der Waals surface area (Å²) in [6.07, 6.45) is -2.61. The molecule has 3 N–H and O–H groups in total. The van der Waals surface area contributed by atoms with Crippen LogP contribution in [0.4, 0.5) is 24.5 Å². The zero-order valence-corrected chi connectivity index (χ0v) is 10.7. The molecule has 1 atom stereocenters. The number of aromatic nitrogens is 1. The molecule has 0 aromatic carbocycles. The second kappa shape index (κ2) is 5.46. The van der Waals surface area contributed by atoms with Crippen molar-refractivity contribution in [2.75, 3.05) is 11.1 Å². The molecule has 0 aliphatic carbocycles. The van der Waals surface area contributed by atoms with Crippen LogP contribution in [0.15, 0.2) is 12.3 Å². The van der Waals surface area contributed by atoms with Crippen LogP contribution < -0.4 is 11.1 Å². The van der Waals surface area contributed by atoms with Gasteiger partial charge in [-0.15, -0.1) is 0 Å². The Morgan fingerprint density at radius 3 is 2.44 bits per heavy atom. The highest BCUT2D eigenvalue weighted by atomic mass is 19.4. The number of nitrogens with two attached hydrogens (primary N) is 1. The molecule has 3 nitrogen and oxygen atoms in total. The first-order valence-corrected chi connectivity index (χ1v) is 5.85. The van der Waals surface area contributed by atoms with E-state index in [0.29, 0.717) is 5.92 Å². The molecule has 6 heteroatoms. The fourth-order valence-corrected chi connectivity index (χ4v) is 1.69. The van der Waals surface area contributed by atoms with Crippen LogP contribution in [0, 0.1) is 5.92 Å². The molecule has 1 aromatic heterocycles. The lowest BCUT2D eigenvalue weighted by Crippen LogP contribution is -2.25. The van der Waals surface area contributed by atoms with E-state index in [1.54, 1.807) is 0 Å². The third kappa shape index (κ3) is 3.51. The Morgan fingerprint density at radius 1 is 1.39 bits per heavy atom. The van der Waals surface area contributed by atoms with Crippen molar-refractivity contribution in [3.8, 4) is 0 Å². The quantitative estimate of drug-likeness (QED) is 0.871. The summed E-state index contributed by atoms with van der Waals surface area (Å²) in [6, 6.07) is 1.04. The maximum absolute atomic E-state index is 12.5. The summed E-state index contributed by atoms with van der Waals surface area (Å²) >= 11 is 0. The average molecular weight is 261 g/mol. The smallest absolute Gasteiger partial charge is 0.396 e. The van der Waals surface area contributed by atoms with Gasteiger partial charge >= 0.3 is 6.18 Å². The number of anilines is 2. The van der Waals surface area contributed by atoms with Crippen molar-refractivity contribution in [1.29, 1.82) is 0 Å². The Bertz CT molecular complexity index is 402. The van der Waals surface area contributed by atoms with E-state index in [2.05, 4.69) is 10.3 Å². The van der Waals surface area contributed by atoms with E-state index < -0.39 is 11.9 Å². The van der Waals surface area contributed by atoms with E-state index >= 15 is 0 Å². The number of rotatable bonds is 4. The first-order valence-electron chi connectivity index (χ1n) is 5.85. The van der Waals surface area contributed by atoms with Crippen molar-refractivity contribution < 1.29 is 13.2 Å². The Labute approximate surface area is 105 Å². The number of alkyl halides is 3. The summed E-state index contributed by atoms with van der Waals surface area (Å²) < 4.78 is 37.6. The highest BCUT2D eigenvalue weighted by molar-refractivity contribution is 5.65. The van der Waals surface area contributed by atoms with Crippen molar-refractivity contribution in [3.05, 3.63) is 18.0 Å². The molecule has 0 spiro atoms. The van der Waals surface area contributed by atoms with Crippen LogP contribution in [0.3, 0.4) is 0 Å². The van der Waals surface area contributed by atoms with E-state index in [1.165, 1.54) is 0 Å². The molecule has 0 radical (unpaired) electrons. The summed E-state index contributed by atoms with van der Waals surface area (Å²) in [7, 11) is 0. The van der Waals surface area contributed by atoms with E-state index in [4.69, 9.17) is 5.73 Å². The molecule has 1 unspecified atom stereocenters. The molecule has 0 fully saturated rings. The molecule has 0 saturated carbocycles. The van der Waals surface area contributed by atoms with Crippen molar-refractivity contribution >= 4 is 11.4 Å². The largest absolute Gasteiger partial charge is 0.433 e. The Kier molecular flexibility index (Phi) is 4.43. The highest BCUT2D eigenvalue weighted by Gasteiger charge is 2.33. The third-order valence-corrected chi connectivity index (χ3v) is 2.81. The van der Waals surface area contributed by atoms with Gasteiger partial charge in [-0.2, -0.15) is 13.2 Å². The standard InChI is InChI=1S/C12H18F3N3/c1-4-9(7(2)3)18-10-5-11(12(13,14)15)17-6-8(10)16/h5-7,9H,4,16H2,1-3H3,(H,17,18). The van der Waals surface area contributed by atoms with Crippen LogP contribution >= 0.6 is 0 Å². The summed E-state index contributed by atoms with van der Waals surface area (Å²) in [4.78, 5) is 3.30. The Balaban J connectivity index is 3.01. The molecule has 1 heterocycles. The monoisotopic (exact) mass is 261 g/mol. The van der Waals surface area contributed by atoms with Crippen LogP contribution in [0.5, 0.6) is 0 Å². The minimum Gasteiger partial charge on any atom is -0.396 e. The van der Waals surface area contributed by atoms with Gasteiger partial charge in [0.05, 0.1) is 17.6 Å². The molecule has 0 aliphatic rings. The van der Waals surface area contributed by atoms with Crippen LogP contribution in [0.25, 0.3) is 0 Å². The van der Waals surface area contributed by atoms with E-state index in [0.717, 1.165) is 18.7 Å². The van der Waals surface area contributed by atoms with Crippen LogP contribution in [0.2, 0.25) is 0 Å². The van der Waals surface area contributed by atoms with Gasteiger partial charge in [-0.3, -0.25) is 0 Å². The normalized spacial score (nSPS) is 13.7. The lowest BCUT2D eigenvalue weighted by Gasteiger charge is -2.23. The molecule has 0 amide bonds. The predicted octanol–water partition coefficient (Wildman–Crippen LogP) is 3.53. The zero-order valence-electron chi connectivity index (χ0n) is 10.7. The molecule has 102 valence electrons. The average Bonchev–Trinajstić information content (AvgIpc) is 2.25. The first kappa shape index (κ1) is 14.6. The minimum absolute atomic E-state index is 0.0794.